The number of hydrogen-bond donors (Lipinski definition) is 3. The van der Waals surface area contributed by atoms with Gasteiger partial charge in [0.2, 0.25) is 0 Å². The van der Waals surface area contributed by atoms with Gasteiger partial charge >= 0.3 is 5.97 Å². The van der Waals surface area contributed by atoms with E-state index in [1.54, 1.807) is 0 Å². The van der Waals surface area contributed by atoms with Gasteiger partial charge in [0.15, 0.2) is 6.10 Å². The number of ether oxygens (including phenoxy) is 1. The van der Waals surface area contributed by atoms with Crippen LogP contribution in [0.5, 0.6) is 0 Å². The van der Waals surface area contributed by atoms with Gasteiger partial charge in [-0.2, -0.15) is 0 Å². The fraction of sp³-hybridized carbons (Fsp3) is 0.909. The molecule has 5 heteroatoms. The molecular weight excluding hydrogens is 208 g/mol. The van der Waals surface area contributed by atoms with Crippen LogP contribution in [-0.2, 0) is 9.53 Å². The third kappa shape index (κ3) is 6.76. The lowest BCUT2D eigenvalue weighted by Gasteiger charge is -2.17. The SMILES string of the molecule is CCCCOC(=O)C(O)[C@@H](N)CCCCN. The van der Waals surface area contributed by atoms with Crippen LogP contribution in [0, 0.1) is 0 Å². The van der Waals surface area contributed by atoms with Crippen molar-refractivity contribution >= 4 is 5.97 Å². The number of esters is 1. The number of aliphatic hydroxyl groups is 1. The van der Waals surface area contributed by atoms with Crippen LogP contribution in [0.15, 0.2) is 0 Å². The Balaban J connectivity index is 3.73. The van der Waals surface area contributed by atoms with Crippen LogP contribution in [0.25, 0.3) is 0 Å². The van der Waals surface area contributed by atoms with E-state index in [2.05, 4.69) is 0 Å². The van der Waals surface area contributed by atoms with Crippen LogP contribution in [0.1, 0.15) is 39.0 Å². The van der Waals surface area contributed by atoms with Gasteiger partial charge in [-0.15, -0.1) is 0 Å². The molecule has 5 N–H and O–H groups in total. The van der Waals surface area contributed by atoms with E-state index in [-0.39, 0.29) is 0 Å². The zero-order chi connectivity index (χ0) is 12.4. The van der Waals surface area contributed by atoms with Crippen molar-refractivity contribution in [3.05, 3.63) is 0 Å². The molecule has 0 aromatic rings. The van der Waals surface area contributed by atoms with E-state index >= 15 is 0 Å². The fourth-order valence-corrected chi connectivity index (χ4v) is 1.26. The van der Waals surface area contributed by atoms with Crippen molar-refractivity contribution in [3.8, 4) is 0 Å². The first-order valence-corrected chi connectivity index (χ1v) is 5.93. The molecule has 0 aromatic heterocycles. The van der Waals surface area contributed by atoms with Crippen LogP contribution >= 0.6 is 0 Å². The van der Waals surface area contributed by atoms with Crippen molar-refractivity contribution in [2.45, 2.75) is 51.2 Å². The number of unbranched alkanes of at least 4 members (excludes halogenated alkanes) is 2. The summed E-state index contributed by atoms with van der Waals surface area (Å²) in [6.45, 7) is 2.95. The second-order valence-corrected chi connectivity index (χ2v) is 3.91. The number of carbonyl (C=O) groups is 1. The van der Waals surface area contributed by atoms with Crippen LogP contribution in [-0.4, -0.2) is 36.4 Å². The number of nitrogens with two attached hydrogens (primary N) is 2. The van der Waals surface area contributed by atoms with E-state index in [1.165, 1.54) is 0 Å². The predicted molar refractivity (Wildman–Crippen MR) is 62.8 cm³/mol. The first-order valence-electron chi connectivity index (χ1n) is 5.93. The molecule has 0 bridgehead atoms. The average molecular weight is 232 g/mol. The Bertz CT molecular complexity index is 188. The third-order valence-electron chi connectivity index (χ3n) is 2.38. The Morgan fingerprint density at radius 3 is 2.62 bits per heavy atom. The van der Waals surface area contributed by atoms with Crippen molar-refractivity contribution < 1.29 is 14.6 Å². The lowest BCUT2D eigenvalue weighted by molar-refractivity contribution is -0.154. The van der Waals surface area contributed by atoms with Gasteiger partial charge < -0.3 is 21.3 Å². The van der Waals surface area contributed by atoms with Crippen molar-refractivity contribution in [3.63, 3.8) is 0 Å². The topological polar surface area (TPSA) is 98.6 Å². The number of carbonyl (C=O) groups excluding carboxylic acids is 1. The lowest BCUT2D eigenvalue weighted by Crippen LogP contribution is -2.41. The van der Waals surface area contributed by atoms with E-state index in [0.717, 1.165) is 25.7 Å². The maximum absolute atomic E-state index is 11.3. The summed E-state index contributed by atoms with van der Waals surface area (Å²) in [6.07, 6.45) is 2.80. The molecule has 0 saturated carbocycles. The summed E-state index contributed by atoms with van der Waals surface area (Å²) in [5, 5.41) is 9.55. The Labute approximate surface area is 97.1 Å². The van der Waals surface area contributed by atoms with E-state index in [0.29, 0.717) is 19.6 Å². The molecule has 0 fully saturated rings. The Kier molecular flexibility index (Phi) is 9.18. The summed E-state index contributed by atoms with van der Waals surface area (Å²) in [6, 6.07) is -0.555. The van der Waals surface area contributed by atoms with E-state index < -0.39 is 18.1 Å². The number of rotatable bonds is 9. The molecule has 16 heavy (non-hydrogen) atoms. The minimum absolute atomic E-state index is 0.349. The normalized spacial score (nSPS) is 14.5. The fourth-order valence-electron chi connectivity index (χ4n) is 1.26. The molecule has 1 unspecified atom stereocenters. The number of hydrogen-bond acceptors (Lipinski definition) is 5. The monoisotopic (exact) mass is 232 g/mol. The predicted octanol–water partition coefficient (Wildman–Crippen LogP) is 0.147. The molecule has 0 saturated heterocycles. The van der Waals surface area contributed by atoms with Crippen molar-refractivity contribution in [1.82, 2.24) is 0 Å². The molecule has 0 aromatic carbocycles. The summed E-state index contributed by atoms with van der Waals surface area (Å²) in [7, 11) is 0. The molecule has 0 aliphatic carbocycles. The molecule has 5 nitrogen and oxygen atoms in total. The third-order valence-corrected chi connectivity index (χ3v) is 2.38. The van der Waals surface area contributed by atoms with Crippen LogP contribution < -0.4 is 11.5 Å². The van der Waals surface area contributed by atoms with Gasteiger partial charge in [0.05, 0.1) is 6.61 Å². The summed E-state index contributed by atoms with van der Waals surface area (Å²) < 4.78 is 4.88. The van der Waals surface area contributed by atoms with Crippen LogP contribution in [0.3, 0.4) is 0 Å². The molecular formula is C11H24N2O3. The molecule has 2 atom stereocenters. The molecule has 0 aliphatic rings. The molecule has 0 heterocycles. The highest BCUT2D eigenvalue weighted by Crippen LogP contribution is 2.04. The van der Waals surface area contributed by atoms with Gasteiger partial charge in [-0.05, 0) is 25.8 Å². The van der Waals surface area contributed by atoms with Crippen molar-refractivity contribution in [2.75, 3.05) is 13.2 Å². The maximum atomic E-state index is 11.3. The largest absolute Gasteiger partial charge is 0.464 e. The van der Waals surface area contributed by atoms with Gasteiger partial charge in [-0.25, -0.2) is 4.79 Å². The first kappa shape index (κ1) is 15.3. The lowest BCUT2D eigenvalue weighted by atomic mass is 10.1. The van der Waals surface area contributed by atoms with E-state index in [9.17, 15) is 9.90 Å². The van der Waals surface area contributed by atoms with E-state index in [4.69, 9.17) is 16.2 Å². The van der Waals surface area contributed by atoms with Gasteiger partial charge in [-0.1, -0.05) is 19.8 Å². The second kappa shape index (κ2) is 9.57. The minimum Gasteiger partial charge on any atom is -0.464 e. The highest BCUT2D eigenvalue weighted by molar-refractivity contribution is 5.75. The molecule has 0 spiro atoms. The quantitative estimate of drug-likeness (QED) is 0.388. The molecule has 0 rings (SSSR count). The van der Waals surface area contributed by atoms with Crippen LogP contribution in [0.4, 0.5) is 0 Å². The number of aliphatic hydroxyl groups excluding tert-OH is 1. The van der Waals surface area contributed by atoms with Crippen molar-refractivity contribution in [1.29, 1.82) is 0 Å². The summed E-state index contributed by atoms with van der Waals surface area (Å²) in [5.74, 6) is -0.617. The van der Waals surface area contributed by atoms with Crippen molar-refractivity contribution in [2.24, 2.45) is 11.5 Å². The zero-order valence-corrected chi connectivity index (χ0v) is 10.0. The Morgan fingerprint density at radius 2 is 2.06 bits per heavy atom. The summed E-state index contributed by atoms with van der Waals surface area (Å²) in [5.41, 5.74) is 11.0. The highest BCUT2D eigenvalue weighted by Gasteiger charge is 2.23. The summed E-state index contributed by atoms with van der Waals surface area (Å²) in [4.78, 5) is 11.3. The van der Waals surface area contributed by atoms with Gasteiger partial charge in [0.25, 0.3) is 0 Å². The average Bonchev–Trinajstić information content (AvgIpc) is 2.28. The molecule has 0 radical (unpaired) electrons. The zero-order valence-electron chi connectivity index (χ0n) is 10.0. The van der Waals surface area contributed by atoms with Gasteiger partial charge in [0, 0.05) is 6.04 Å². The maximum Gasteiger partial charge on any atom is 0.336 e. The van der Waals surface area contributed by atoms with E-state index in [1.807, 2.05) is 6.92 Å². The molecule has 0 amide bonds. The Morgan fingerprint density at radius 1 is 1.38 bits per heavy atom. The highest BCUT2D eigenvalue weighted by atomic mass is 16.5. The molecule has 0 aliphatic heterocycles. The molecule has 96 valence electrons. The summed E-state index contributed by atoms with van der Waals surface area (Å²) >= 11 is 0. The first-order chi connectivity index (χ1) is 7.63. The standard InChI is InChI=1S/C11H24N2O3/c1-2-3-8-16-11(15)10(14)9(13)6-4-5-7-12/h9-10,14H,2-8,12-13H2,1H3/t9-,10?/m0/s1. The van der Waals surface area contributed by atoms with Crippen LogP contribution in [0.2, 0.25) is 0 Å². The second-order valence-electron chi connectivity index (χ2n) is 3.91. The smallest absolute Gasteiger partial charge is 0.336 e. The van der Waals surface area contributed by atoms with Gasteiger partial charge in [-0.3, -0.25) is 0 Å². The minimum atomic E-state index is -1.21. The van der Waals surface area contributed by atoms with Gasteiger partial charge in [0.1, 0.15) is 0 Å². The Hall–Kier alpha value is -0.650.